The normalized spacial score (nSPS) is 24.7. The Morgan fingerprint density at radius 3 is 1.33 bits per heavy atom. The summed E-state index contributed by atoms with van der Waals surface area (Å²) in [4.78, 5) is 0. The van der Waals surface area contributed by atoms with E-state index in [1.807, 2.05) is 0 Å². The van der Waals surface area contributed by atoms with E-state index in [-0.39, 0.29) is 0 Å². The van der Waals surface area contributed by atoms with Crippen LogP contribution in [0, 0.1) is 11.8 Å². The molecule has 0 saturated heterocycles. The average Bonchev–Trinajstić information content (AvgIpc) is 2.45. The van der Waals surface area contributed by atoms with Crippen molar-refractivity contribution in [3.63, 3.8) is 0 Å². The van der Waals surface area contributed by atoms with E-state index in [2.05, 4.69) is 0 Å². The van der Waals surface area contributed by atoms with Crippen LogP contribution in [0.3, 0.4) is 0 Å². The molecule has 0 spiro atoms. The molecule has 2 unspecified atom stereocenters. The Morgan fingerprint density at radius 1 is 0.556 bits per heavy atom. The molecule has 2 aliphatic rings. The first-order valence-electron chi connectivity index (χ1n) is 8.36. The van der Waals surface area contributed by atoms with Gasteiger partial charge >= 0.3 is 0 Å². The molecule has 2 fully saturated rings. The van der Waals surface area contributed by atoms with E-state index in [1.54, 1.807) is 50.3 Å². The highest BCUT2D eigenvalue weighted by atomic mass is 31.1. The van der Waals surface area contributed by atoms with E-state index < -0.39 is 0 Å². The van der Waals surface area contributed by atoms with Crippen LogP contribution >= 0.6 is 17.2 Å². The van der Waals surface area contributed by atoms with Crippen molar-refractivity contribution < 1.29 is 0 Å². The summed E-state index contributed by atoms with van der Waals surface area (Å²) in [5.74, 6) is 2.25. The summed E-state index contributed by atoms with van der Waals surface area (Å²) >= 11 is 0. The third kappa shape index (κ3) is 6.34. The molecule has 2 aliphatic carbocycles. The van der Waals surface area contributed by atoms with Crippen molar-refractivity contribution in [2.45, 2.75) is 64.2 Å². The molecule has 2 rings (SSSR count). The van der Waals surface area contributed by atoms with E-state index in [0.29, 0.717) is 0 Å². The van der Waals surface area contributed by atoms with Crippen LogP contribution in [0.2, 0.25) is 0 Å². The van der Waals surface area contributed by atoms with Crippen molar-refractivity contribution >= 4 is 17.2 Å². The molecule has 0 aromatic carbocycles. The molecule has 18 heavy (non-hydrogen) atoms. The first kappa shape index (κ1) is 15.3. The molecule has 0 aliphatic heterocycles. The maximum atomic E-state index is 1.58. The fourth-order valence-electron chi connectivity index (χ4n) is 3.57. The van der Waals surface area contributed by atoms with Crippen molar-refractivity contribution in [3.8, 4) is 0 Å². The van der Waals surface area contributed by atoms with Gasteiger partial charge in [-0.3, -0.25) is 0 Å². The molecule has 2 atom stereocenters. The van der Waals surface area contributed by atoms with Gasteiger partial charge in [0.25, 0.3) is 0 Å². The summed E-state index contributed by atoms with van der Waals surface area (Å²) in [6, 6.07) is 0. The fourth-order valence-corrected chi connectivity index (χ4v) is 7.03. The van der Waals surface area contributed by atoms with Crippen LogP contribution in [0.25, 0.3) is 0 Å². The molecule has 0 amide bonds. The third-order valence-corrected chi connectivity index (χ3v) is 8.23. The third-order valence-electron chi connectivity index (χ3n) is 4.79. The smallest absolute Gasteiger partial charge is 0.0316 e. The molecule has 106 valence electrons. The second-order valence-corrected chi connectivity index (χ2v) is 9.23. The summed E-state index contributed by atoms with van der Waals surface area (Å²) in [5, 5.41) is 0. The van der Waals surface area contributed by atoms with Crippen LogP contribution in [-0.2, 0) is 0 Å². The van der Waals surface area contributed by atoms with Crippen LogP contribution in [0.4, 0.5) is 0 Å². The highest BCUT2D eigenvalue weighted by molar-refractivity contribution is 7.42. The van der Waals surface area contributed by atoms with Gasteiger partial charge in [-0.2, -0.15) is 0 Å². The maximum Gasteiger partial charge on any atom is -0.0316 e. The summed E-state index contributed by atoms with van der Waals surface area (Å²) in [6.45, 7) is 0. The van der Waals surface area contributed by atoms with Gasteiger partial charge in [-0.15, -0.1) is 17.2 Å². The summed E-state index contributed by atoms with van der Waals surface area (Å²) in [7, 11) is 2.58. The minimum absolute atomic E-state index is 1.12. The maximum absolute atomic E-state index is 1.58. The Balaban J connectivity index is 1.39. The van der Waals surface area contributed by atoms with Crippen LogP contribution < -0.4 is 0 Å². The van der Waals surface area contributed by atoms with E-state index >= 15 is 0 Å². The SMILES string of the molecule is C1CCC(CPCCPCC2CCCCC2)CC1. The second-order valence-electron chi connectivity index (χ2n) is 6.42. The van der Waals surface area contributed by atoms with Gasteiger partial charge in [0.2, 0.25) is 0 Å². The number of hydrogen-bond acceptors (Lipinski definition) is 0. The summed E-state index contributed by atoms with van der Waals surface area (Å²) in [6.07, 6.45) is 21.6. The number of rotatable bonds is 7. The zero-order valence-electron chi connectivity index (χ0n) is 12.1. The van der Waals surface area contributed by atoms with Gasteiger partial charge in [0.05, 0.1) is 0 Å². The lowest BCUT2D eigenvalue weighted by molar-refractivity contribution is 0.389. The van der Waals surface area contributed by atoms with Gasteiger partial charge in [0.15, 0.2) is 0 Å². The topological polar surface area (TPSA) is 0 Å². The molecule has 0 N–H and O–H groups in total. The lowest BCUT2D eigenvalue weighted by Gasteiger charge is -2.22. The zero-order chi connectivity index (χ0) is 12.5. The van der Waals surface area contributed by atoms with Crippen molar-refractivity contribution in [1.29, 1.82) is 0 Å². The largest absolute Gasteiger partial charge is 0.121 e. The molecule has 0 aromatic rings. The van der Waals surface area contributed by atoms with Crippen molar-refractivity contribution in [2.24, 2.45) is 11.8 Å². The molecule has 2 saturated carbocycles. The first-order valence-corrected chi connectivity index (χ1v) is 11.2. The predicted octanol–water partition coefficient (Wildman–Crippen LogP) is 5.50. The molecule has 0 bridgehead atoms. The molecule has 0 radical (unpaired) electrons. The Labute approximate surface area is 118 Å². The second kappa shape index (κ2) is 9.72. The van der Waals surface area contributed by atoms with Crippen LogP contribution in [0.1, 0.15) is 64.2 Å². The van der Waals surface area contributed by atoms with Crippen molar-refractivity contribution in [3.05, 3.63) is 0 Å². The average molecular weight is 286 g/mol. The Bertz CT molecular complexity index is 171. The van der Waals surface area contributed by atoms with Gasteiger partial charge in [0.1, 0.15) is 0 Å². The Morgan fingerprint density at radius 2 is 0.944 bits per heavy atom. The lowest BCUT2D eigenvalue weighted by Crippen LogP contribution is -2.09. The van der Waals surface area contributed by atoms with E-state index in [9.17, 15) is 0 Å². The number of hydrogen-bond donors (Lipinski definition) is 0. The fraction of sp³-hybridized carbons (Fsp3) is 1.00. The van der Waals surface area contributed by atoms with E-state index in [0.717, 1.165) is 11.8 Å². The standard InChI is InChI=1S/C16H32P2/c1-3-7-15(8-4-1)13-17-11-12-18-14-16-9-5-2-6-10-16/h15-18H,1-14H2. The van der Waals surface area contributed by atoms with Crippen LogP contribution in [-0.4, -0.2) is 24.6 Å². The van der Waals surface area contributed by atoms with Crippen molar-refractivity contribution in [1.82, 2.24) is 0 Å². The molecule has 0 aromatic heterocycles. The van der Waals surface area contributed by atoms with Gasteiger partial charge < -0.3 is 0 Å². The van der Waals surface area contributed by atoms with Gasteiger partial charge in [-0.25, -0.2) is 0 Å². The molecule has 2 heteroatoms. The monoisotopic (exact) mass is 286 g/mol. The molecule has 0 nitrogen and oxygen atoms in total. The highest BCUT2D eigenvalue weighted by Crippen LogP contribution is 2.32. The minimum atomic E-state index is 1.12. The summed E-state index contributed by atoms with van der Waals surface area (Å²) in [5.41, 5.74) is 0. The van der Waals surface area contributed by atoms with Crippen molar-refractivity contribution in [2.75, 3.05) is 24.6 Å². The quantitative estimate of drug-likeness (QED) is 0.428. The molecule has 0 heterocycles. The zero-order valence-corrected chi connectivity index (χ0v) is 14.1. The summed E-state index contributed by atoms with van der Waals surface area (Å²) < 4.78 is 0. The van der Waals surface area contributed by atoms with Gasteiger partial charge in [0, 0.05) is 0 Å². The first-order chi connectivity index (χ1) is 8.95. The predicted molar refractivity (Wildman–Crippen MR) is 89.2 cm³/mol. The van der Waals surface area contributed by atoms with Gasteiger partial charge in [-0.05, 0) is 36.5 Å². The molecular weight excluding hydrogens is 254 g/mol. The van der Waals surface area contributed by atoms with Crippen LogP contribution in [0.15, 0.2) is 0 Å². The molecular formula is C16H32P2. The van der Waals surface area contributed by atoms with E-state index in [4.69, 9.17) is 0 Å². The Kier molecular flexibility index (Phi) is 8.23. The highest BCUT2D eigenvalue weighted by Gasteiger charge is 2.13. The Hall–Kier alpha value is 0.860. The minimum Gasteiger partial charge on any atom is -0.121 e. The van der Waals surface area contributed by atoms with E-state index in [1.165, 1.54) is 55.7 Å². The lowest BCUT2D eigenvalue weighted by atomic mass is 9.91. The van der Waals surface area contributed by atoms with Gasteiger partial charge in [-0.1, -0.05) is 64.2 Å². The van der Waals surface area contributed by atoms with Crippen LogP contribution in [0.5, 0.6) is 0 Å².